The average Bonchev–Trinajstić information content (AvgIpc) is 2.33. The fourth-order valence-electron chi connectivity index (χ4n) is 2.38. The van der Waals surface area contributed by atoms with E-state index in [1.54, 1.807) is 0 Å². The molecule has 0 radical (unpaired) electrons. The number of rotatable bonds is 4. The Bertz CT molecular complexity index is 339. The molecule has 0 aromatic carbocycles. The number of nitrogens with one attached hydrogen (secondary N) is 1. The Balaban J connectivity index is 0.00000162. The van der Waals surface area contributed by atoms with Crippen molar-refractivity contribution >= 4 is 28.3 Å². The van der Waals surface area contributed by atoms with E-state index in [1.165, 1.54) is 38.0 Å². The Kier molecular flexibility index (Phi) is 7.15. The van der Waals surface area contributed by atoms with Gasteiger partial charge in [0.05, 0.1) is 0 Å². The van der Waals surface area contributed by atoms with Gasteiger partial charge in [0.15, 0.2) is 0 Å². The minimum atomic E-state index is 0. The van der Waals surface area contributed by atoms with Crippen molar-refractivity contribution in [3.8, 4) is 0 Å². The lowest BCUT2D eigenvalue weighted by Crippen LogP contribution is -2.34. The maximum absolute atomic E-state index is 4.26. The van der Waals surface area contributed by atoms with Crippen LogP contribution in [0, 0.1) is 5.92 Å². The summed E-state index contributed by atoms with van der Waals surface area (Å²) in [6.45, 7) is 4.54. The first kappa shape index (κ1) is 15.9. The minimum Gasteiger partial charge on any atom is -0.317 e. The molecule has 0 aliphatic carbocycles. The molecule has 0 amide bonds. The zero-order valence-electron chi connectivity index (χ0n) is 10.7. The summed E-state index contributed by atoms with van der Waals surface area (Å²) in [5, 5.41) is 3.41. The SMILES string of the molecule is CN(Cc1ccc(Br)nc1)CC1CCNCC1.Cl. The summed E-state index contributed by atoms with van der Waals surface area (Å²) >= 11 is 3.36. The molecule has 102 valence electrons. The van der Waals surface area contributed by atoms with Crippen LogP contribution in [0.3, 0.4) is 0 Å². The Morgan fingerprint density at radius 3 is 2.72 bits per heavy atom. The molecule has 1 aliphatic heterocycles. The van der Waals surface area contributed by atoms with Crippen LogP contribution in [0.4, 0.5) is 0 Å². The second-order valence-corrected chi connectivity index (χ2v) is 5.69. The van der Waals surface area contributed by atoms with Crippen LogP contribution in [0.15, 0.2) is 22.9 Å². The fraction of sp³-hybridized carbons (Fsp3) is 0.615. The normalized spacial score (nSPS) is 16.6. The summed E-state index contributed by atoms with van der Waals surface area (Å²) in [5.41, 5.74) is 1.28. The van der Waals surface area contributed by atoms with Gasteiger partial charge in [0, 0.05) is 19.3 Å². The zero-order chi connectivity index (χ0) is 12.1. The summed E-state index contributed by atoms with van der Waals surface area (Å²) in [7, 11) is 2.20. The number of aromatic nitrogens is 1. The first-order valence-electron chi connectivity index (χ1n) is 6.24. The van der Waals surface area contributed by atoms with Crippen LogP contribution in [0.5, 0.6) is 0 Å². The first-order chi connectivity index (χ1) is 8.24. The quantitative estimate of drug-likeness (QED) is 0.858. The van der Waals surface area contributed by atoms with Crippen molar-refractivity contribution in [1.82, 2.24) is 15.2 Å². The summed E-state index contributed by atoms with van der Waals surface area (Å²) in [6.07, 6.45) is 4.56. The van der Waals surface area contributed by atoms with Crippen LogP contribution in [0.1, 0.15) is 18.4 Å². The molecule has 18 heavy (non-hydrogen) atoms. The number of pyridine rings is 1. The number of piperidine rings is 1. The topological polar surface area (TPSA) is 28.2 Å². The third kappa shape index (κ3) is 5.22. The molecule has 1 saturated heterocycles. The molecule has 0 unspecified atom stereocenters. The Hall–Kier alpha value is -0.160. The average molecular weight is 335 g/mol. The molecule has 2 rings (SSSR count). The van der Waals surface area contributed by atoms with E-state index in [2.05, 4.69) is 44.2 Å². The monoisotopic (exact) mass is 333 g/mol. The predicted octanol–water partition coefficient (Wildman–Crippen LogP) is 2.70. The second kappa shape index (κ2) is 8.10. The smallest absolute Gasteiger partial charge is 0.106 e. The van der Waals surface area contributed by atoms with Crippen molar-refractivity contribution in [3.05, 3.63) is 28.5 Å². The van der Waals surface area contributed by atoms with Crippen LogP contribution >= 0.6 is 28.3 Å². The molecule has 1 aliphatic rings. The summed E-state index contributed by atoms with van der Waals surface area (Å²) in [4.78, 5) is 6.66. The largest absolute Gasteiger partial charge is 0.317 e. The zero-order valence-corrected chi connectivity index (χ0v) is 13.1. The lowest BCUT2D eigenvalue weighted by Gasteiger charge is -2.27. The van der Waals surface area contributed by atoms with Gasteiger partial charge in [0.1, 0.15) is 4.60 Å². The highest BCUT2D eigenvalue weighted by atomic mass is 79.9. The van der Waals surface area contributed by atoms with E-state index in [9.17, 15) is 0 Å². The van der Waals surface area contributed by atoms with Gasteiger partial charge in [0.2, 0.25) is 0 Å². The van der Waals surface area contributed by atoms with Crippen LogP contribution < -0.4 is 5.32 Å². The molecule has 3 nitrogen and oxygen atoms in total. The lowest BCUT2D eigenvalue weighted by molar-refractivity contribution is 0.234. The molecule has 0 saturated carbocycles. The molecule has 1 fully saturated rings. The lowest BCUT2D eigenvalue weighted by atomic mass is 9.97. The fourth-order valence-corrected chi connectivity index (χ4v) is 2.62. The van der Waals surface area contributed by atoms with Gasteiger partial charge in [-0.2, -0.15) is 0 Å². The van der Waals surface area contributed by atoms with E-state index >= 15 is 0 Å². The molecular formula is C13H21BrClN3. The van der Waals surface area contributed by atoms with Crippen LogP contribution in [0.2, 0.25) is 0 Å². The van der Waals surface area contributed by atoms with E-state index in [1.807, 2.05) is 12.3 Å². The van der Waals surface area contributed by atoms with Gasteiger partial charge >= 0.3 is 0 Å². The Morgan fingerprint density at radius 1 is 1.39 bits per heavy atom. The standard InChI is InChI=1S/C13H20BrN3.ClH/c1-17(9-11-4-6-15-7-5-11)10-12-2-3-13(14)16-8-12;/h2-3,8,11,15H,4-7,9-10H2,1H3;1H. The third-order valence-corrected chi connectivity index (χ3v) is 3.74. The Labute approximate surface area is 124 Å². The van der Waals surface area contributed by atoms with Crippen LogP contribution in [-0.2, 0) is 6.54 Å². The second-order valence-electron chi connectivity index (χ2n) is 4.88. The highest BCUT2D eigenvalue weighted by Crippen LogP contribution is 2.14. The minimum absolute atomic E-state index is 0. The maximum Gasteiger partial charge on any atom is 0.106 e. The van der Waals surface area contributed by atoms with Crippen molar-refractivity contribution in [1.29, 1.82) is 0 Å². The molecule has 1 aromatic rings. The molecule has 5 heteroatoms. The number of halogens is 2. The van der Waals surface area contributed by atoms with E-state index in [0.29, 0.717) is 0 Å². The summed E-state index contributed by atoms with van der Waals surface area (Å²) in [6, 6.07) is 4.14. The van der Waals surface area contributed by atoms with Crippen molar-refractivity contribution in [2.75, 3.05) is 26.7 Å². The van der Waals surface area contributed by atoms with E-state index in [-0.39, 0.29) is 12.4 Å². The number of nitrogens with zero attached hydrogens (tertiary/aromatic N) is 2. The highest BCUT2D eigenvalue weighted by molar-refractivity contribution is 9.10. The van der Waals surface area contributed by atoms with E-state index < -0.39 is 0 Å². The third-order valence-electron chi connectivity index (χ3n) is 3.27. The van der Waals surface area contributed by atoms with Gasteiger partial charge in [-0.25, -0.2) is 4.98 Å². The first-order valence-corrected chi connectivity index (χ1v) is 7.03. The van der Waals surface area contributed by atoms with E-state index in [0.717, 1.165) is 17.1 Å². The van der Waals surface area contributed by atoms with Gasteiger partial charge in [-0.3, -0.25) is 0 Å². The molecule has 0 atom stereocenters. The van der Waals surface area contributed by atoms with Gasteiger partial charge in [-0.05, 0) is 66.5 Å². The van der Waals surface area contributed by atoms with Crippen molar-refractivity contribution in [2.24, 2.45) is 5.92 Å². The van der Waals surface area contributed by atoms with Crippen molar-refractivity contribution < 1.29 is 0 Å². The Morgan fingerprint density at radius 2 is 2.11 bits per heavy atom. The molecule has 1 aromatic heterocycles. The van der Waals surface area contributed by atoms with Crippen LogP contribution in [-0.4, -0.2) is 36.6 Å². The number of hydrogen-bond donors (Lipinski definition) is 1. The predicted molar refractivity (Wildman–Crippen MR) is 81.1 cm³/mol. The van der Waals surface area contributed by atoms with Gasteiger partial charge in [-0.1, -0.05) is 6.07 Å². The van der Waals surface area contributed by atoms with Gasteiger partial charge < -0.3 is 10.2 Å². The van der Waals surface area contributed by atoms with Gasteiger partial charge in [-0.15, -0.1) is 12.4 Å². The summed E-state index contributed by atoms with van der Waals surface area (Å²) < 4.78 is 0.905. The molecular weight excluding hydrogens is 314 g/mol. The molecule has 0 spiro atoms. The highest BCUT2D eigenvalue weighted by Gasteiger charge is 2.14. The van der Waals surface area contributed by atoms with Crippen molar-refractivity contribution in [2.45, 2.75) is 19.4 Å². The van der Waals surface area contributed by atoms with Gasteiger partial charge in [0.25, 0.3) is 0 Å². The summed E-state index contributed by atoms with van der Waals surface area (Å²) in [5.74, 6) is 0.852. The molecule has 1 N–H and O–H groups in total. The van der Waals surface area contributed by atoms with Crippen molar-refractivity contribution in [3.63, 3.8) is 0 Å². The molecule has 2 heterocycles. The van der Waals surface area contributed by atoms with Crippen LogP contribution in [0.25, 0.3) is 0 Å². The number of hydrogen-bond acceptors (Lipinski definition) is 3. The van der Waals surface area contributed by atoms with E-state index in [4.69, 9.17) is 0 Å². The maximum atomic E-state index is 4.26. The molecule has 0 bridgehead atoms.